The van der Waals surface area contributed by atoms with E-state index in [1.54, 1.807) is 0 Å². The minimum atomic E-state index is -0.569. The molecule has 7 heteroatoms. The number of rotatable bonds is 9. The maximum absolute atomic E-state index is 12.9. The second-order valence-corrected chi connectivity index (χ2v) is 8.87. The molecule has 0 saturated heterocycles. The Morgan fingerprint density at radius 3 is 2.59 bits per heavy atom. The average molecular weight is 415 g/mol. The van der Waals surface area contributed by atoms with Gasteiger partial charge in [-0.2, -0.15) is 0 Å². The molecule has 1 aromatic heterocycles. The van der Waals surface area contributed by atoms with Crippen LogP contribution in [0.25, 0.3) is 10.6 Å². The third-order valence-electron chi connectivity index (χ3n) is 5.74. The molecule has 2 atom stereocenters. The van der Waals surface area contributed by atoms with Gasteiger partial charge in [0.05, 0.1) is 0 Å². The Kier molecular flexibility index (Phi) is 7.75. The van der Waals surface area contributed by atoms with Gasteiger partial charge < -0.3 is 5.32 Å². The van der Waals surface area contributed by atoms with Gasteiger partial charge in [0.15, 0.2) is 0 Å². The van der Waals surface area contributed by atoms with Crippen LogP contribution >= 0.6 is 11.3 Å². The zero-order chi connectivity index (χ0) is 20.6. The van der Waals surface area contributed by atoms with Crippen molar-refractivity contribution in [3.05, 3.63) is 30.3 Å². The lowest BCUT2D eigenvalue weighted by Crippen LogP contribution is -2.47. The van der Waals surface area contributed by atoms with E-state index in [0.29, 0.717) is 17.5 Å². The predicted octanol–water partition coefficient (Wildman–Crippen LogP) is 4.64. The van der Waals surface area contributed by atoms with Crippen LogP contribution in [-0.4, -0.2) is 28.1 Å². The fraction of sp³-hybridized carbons (Fsp3) is 0.545. The first kappa shape index (κ1) is 21.4. The number of nitrogens with one attached hydrogen (secondary N) is 2. The molecule has 0 spiro atoms. The van der Waals surface area contributed by atoms with E-state index < -0.39 is 6.04 Å². The Hall–Kier alpha value is -2.28. The number of nitrogens with zero attached hydrogens (tertiary/aromatic N) is 2. The van der Waals surface area contributed by atoms with Crippen LogP contribution in [0.2, 0.25) is 0 Å². The van der Waals surface area contributed by atoms with E-state index in [1.165, 1.54) is 37.0 Å². The molecule has 0 radical (unpaired) electrons. The van der Waals surface area contributed by atoms with Crippen molar-refractivity contribution in [1.29, 1.82) is 0 Å². The Balaban J connectivity index is 1.58. The summed E-state index contributed by atoms with van der Waals surface area (Å²) in [4.78, 5) is 25.3. The summed E-state index contributed by atoms with van der Waals surface area (Å²) < 4.78 is 0. The maximum atomic E-state index is 12.9. The summed E-state index contributed by atoms with van der Waals surface area (Å²) in [6.45, 7) is 4.01. The monoisotopic (exact) mass is 414 g/mol. The lowest BCUT2D eigenvalue weighted by molar-refractivity contribution is -0.127. The normalized spacial score (nSPS) is 16.3. The molecule has 0 aliphatic heterocycles. The van der Waals surface area contributed by atoms with Gasteiger partial charge in [-0.1, -0.05) is 87.6 Å². The van der Waals surface area contributed by atoms with Crippen LogP contribution in [-0.2, 0) is 9.59 Å². The molecule has 0 unspecified atom stereocenters. The van der Waals surface area contributed by atoms with Gasteiger partial charge in [0.25, 0.3) is 0 Å². The molecule has 1 saturated carbocycles. The van der Waals surface area contributed by atoms with Crippen molar-refractivity contribution < 1.29 is 9.59 Å². The highest BCUT2D eigenvalue weighted by Crippen LogP contribution is 2.29. The maximum Gasteiger partial charge on any atom is 0.249 e. The van der Waals surface area contributed by atoms with Gasteiger partial charge in [0, 0.05) is 12.0 Å². The largest absolute Gasteiger partial charge is 0.344 e. The first-order valence-corrected chi connectivity index (χ1v) is 11.4. The molecule has 3 rings (SSSR count). The fourth-order valence-electron chi connectivity index (χ4n) is 3.74. The number of benzene rings is 1. The van der Waals surface area contributed by atoms with Gasteiger partial charge in [-0.3, -0.25) is 14.9 Å². The summed E-state index contributed by atoms with van der Waals surface area (Å²) in [5.41, 5.74) is 0.962. The molecular weight excluding hydrogens is 384 g/mol. The number of hydrogen-bond donors (Lipinski definition) is 2. The molecule has 1 aliphatic rings. The Morgan fingerprint density at radius 2 is 1.90 bits per heavy atom. The van der Waals surface area contributed by atoms with Crippen LogP contribution in [0.5, 0.6) is 0 Å². The lowest BCUT2D eigenvalue weighted by Gasteiger charge is -2.23. The molecule has 2 aromatic rings. The van der Waals surface area contributed by atoms with Crippen LogP contribution < -0.4 is 10.6 Å². The Labute approximate surface area is 176 Å². The van der Waals surface area contributed by atoms with E-state index in [1.807, 2.05) is 44.2 Å². The van der Waals surface area contributed by atoms with E-state index >= 15 is 0 Å². The fourth-order valence-corrected chi connectivity index (χ4v) is 4.49. The van der Waals surface area contributed by atoms with Crippen molar-refractivity contribution >= 4 is 28.3 Å². The topological polar surface area (TPSA) is 84.0 Å². The summed E-state index contributed by atoms with van der Waals surface area (Å²) in [6.07, 6.45) is 7.20. The highest BCUT2D eigenvalue weighted by molar-refractivity contribution is 7.18. The van der Waals surface area contributed by atoms with Gasteiger partial charge in [-0.25, -0.2) is 0 Å². The minimum Gasteiger partial charge on any atom is -0.344 e. The summed E-state index contributed by atoms with van der Waals surface area (Å²) in [5, 5.41) is 15.3. The van der Waals surface area contributed by atoms with Crippen molar-refractivity contribution in [3.63, 3.8) is 0 Å². The van der Waals surface area contributed by atoms with Gasteiger partial charge in [-0.15, -0.1) is 10.2 Å². The van der Waals surface area contributed by atoms with Crippen LogP contribution in [0.1, 0.15) is 58.8 Å². The quantitative estimate of drug-likeness (QED) is 0.626. The molecule has 0 bridgehead atoms. The molecule has 29 heavy (non-hydrogen) atoms. The van der Waals surface area contributed by atoms with E-state index in [-0.39, 0.29) is 17.7 Å². The van der Waals surface area contributed by atoms with Gasteiger partial charge in [0.1, 0.15) is 11.0 Å². The third-order valence-corrected chi connectivity index (χ3v) is 6.63. The summed E-state index contributed by atoms with van der Waals surface area (Å²) in [5.74, 6) is 0.422. The summed E-state index contributed by atoms with van der Waals surface area (Å²) in [6, 6.07) is 9.17. The molecule has 1 fully saturated rings. The SMILES string of the molecule is CC[C@H](C)[C@H](NC(=O)CCC1CCCC1)C(=O)Nc1nnc(-c2ccccc2)s1. The Bertz CT molecular complexity index is 802. The molecule has 6 nitrogen and oxygen atoms in total. The third kappa shape index (κ3) is 6.10. The minimum absolute atomic E-state index is 0.0342. The van der Waals surface area contributed by atoms with E-state index in [4.69, 9.17) is 0 Å². The average Bonchev–Trinajstić information content (AvgIpc) is 3.42. The van der Waals surface area contributed by atoms with E-state index in [9.17, 15) is 9.59 Å². The van der Waals surface area contributed by atoms with Crippen molar-refractivity contribution in [2.24, 2.45) is 11.8 Å². The number of hydrogen-bond acceptors (Lipinski definition) is 5. The van der Waals surface area contributed by atoms with Crippen LogP contribution in [0.15, 0.2) is 30.3 Å². The van der Waals surface area contributed by atoms with E-state index in [2.05, 4.69) is 20.8 Å². The van der Waals surface area contributed by atoms with Crippen molar-refractivity contribution in [3.8, 4) is 10.6 Å². The highest BCUT2D eigenvalue weighted by atomic mass is 32.1. The number of anilines is 1. The zero-order valence-electron chi connectivity index (χ0n) is 17.2. The summed E-state index contributed by atoms with van der Waals surface area (Å²) in [7, 11) is 0. The first-order valence-electron chi connectivity index (χ1n) is 10.6. The van der Waals surface area contributed by atoms with Gasteiger partial charge in [-0.05, 0) is 18.3 Å². The van der Waals surface area contributed by atoms with Crippen molar-refractivity contribution in [1.82, 2.24) is 15.5 Å². The van der Waals surface area contributed by atoms with Crippen molar-refractivity contribution in [2.45, 2.75) is 64.8 Å². The second kappa shape index (κ2) is 10.5. The molecule has 1 heterocycles. The summed E-state index contributed by atoms with van der Waals surface area (Å²) >= 11 is 1.33. The molecule has 1 aromatic carbocycles. The number of amides is 2. The lowest BCUT2D eigenvalue weighted by atomic mass is 9.97. The standard InChI is InChI=1S/C22H30N4O2S/c1-3-15(2)19(23-18(27)14-13-16-9-7-8-10-16)20(28)24-22-26-25-21(29-22)17-11-5-4-6-12-17/h4-6,11-12,15-16,19H,3,7-10,13-14H2,1-2H3,(H,23,27)(H,24,26,28)/t15-,19-/m0/s1. The molecule has 2 amide bonds. The van der Waals surface area contributed by atoms with E-state index in [0.717, 1.165) is 23.4 Å². The van der Waals surface area contributed by atoms with Gasteiger partial charge >= 0.3 is 0 Å². The van der Waals surface area contributed by atoms with Crippen molar-refractivity contribution in [2.75, 3.05) is 5.32 Å². The smallest absolute Gasteiger partial charge is 0.249 e. The molecule has 2 N–H and O–H groups in total. The van der Waals surface area contributed by atoms with Crippen LogP contribution in [0, 0.1) is 11.8 Å². The van der Waals surface area contributed by atoms with Crippen LogP contribution in [0.3, 0.4) is 0 Å². The number of carbonyl (C=O) groups is 2. The molecule has 156 valence electrons. The second-order valence-electron chi connectivity index (χ2n) is 7.89. The van der Waals surface area contributed by atoms with Gasteiger partial charge in [0.2, 0.25) is 16.9 Å². The zero-order valence-corrected chi connectivity index (χ0v) is 18.0. The molecular formula is C22H30N4O2S. The molecule has 1 aliphatic carbocycles. The predicted molar refractivity (Wildman–Crippen MR) is 117 cm³/mol. The Morgan fingerprint density at radius 1 is 1.17 bits per heavy atom. The van der Waals surface area contributed by atoms with Crippen LogP contribution in [0.4, 0.5) is 5.13 Å². The first-order chi connectivity index (χ1) is 14.1. The number of aromatic nitrogens is 2. The number of carbonyl (C=O) groups excluding carboxylic acids is 2. The highest BCUT2D eigenvalue weighted by Gasteiger charge is 2.27.